The summed E-state index contributed by atoms with van der Waals surface area (Å²) in [6, 6.07) is 0.388. The Hall–Kier alpha value is -0.770. The molecule has 0 aliphatic carbocycles. The molecule has 1 rings (SSSR count). The maximum Gasteiger partial charge on any atom is 0.317 e. The molecule has 2 amide bonds. The number of hydrogen-bond donors (Lipinski definition) is 2. The van der Waals surface area contributed by atoms with E-state index in [0.29, 0.717) is 19.0 Å². The molecule has 1 fully saturated rings. The van der Waals surface area contributed by atoms with E-state index < -0.39 is 0 Å². The molecule has 2 atom stereocenters. The first kappa shape index (κ1) is 15.3. The van der Waals surface area contributed by atoms with E-state index in [1.54, 1.807) is 6.92 Å². The quantitative estimate of drug-likeness (QED) is 0.811. The molecule has 4 nitrogen and oxygen atoms in total. The molecule has 0 aromatic carbocycles. The number of rotatable bonds is 4. The average molecular weight is 256 g/mol. The van der Waals surface area contributed by atoms with Crippen LogP contribution in [0.4, 0.5) is 4.79 Å². The molecule has 2 unspecified atom stereocenters. The average Bonchev–Trinajstić information content (AvgIpc) is 2.25. The van der Waals surface area contributed by atoms with Gasteiger partial charge in [-0.1, -0.05) is 13.8 Å². The van der Waals surface area contributed by atoms with Crippen LogP contribution in [0.2, 0.25) is 0 Å². The Labute approximate surface area is 111 Å². The fourth-order valence-corrected chi connectivity index (χ4v) is 2.69. The number of carbonyl (C=O) groups excluding carboxylic acids is 1. The molecule has 2 N–H and O–H groups in total. The van der Waals surface area contributed by atoms with E-state index >= 15 is 0 Å². The summed E-state index contributed by atoms with van der Waals surface area (Å²) in [5.74, 6) is 0. The third-order valence-corrected chi connectivity index (χ3v) is 3.63. The second-order valence-electron chi connectivity index (χ2n) is 6.41. The SMILES string of the molecule is CC(O)CC(C)(C)CNC(=O)N1CCCCC1C. The predicted molar refractivity (Wildman–Crippen MR) is 73.5 cm³/mol. The van der Waals surface area contributed by atoms with Gasteiger partial charge < -0.3 is 15.3 Å². The molecular weight excluding hydrogens is 228 g/mol. The summed E-state index contributed by atoms with van der Waals surface area (Å²) < 4.78 is 0. The van der Waals surface area contributed by atoms with Gasteiger partial charge in [-0.2, -0.15) is 0 Å². The third-order valence-electron chi connectivity index (χ3n) is 3.63. The third kappa shape index (κ3) is 4.84. The maximum absolute atomic E-state index is 12.1. The van der Waals surface area contributed by atoms with Gasteiger partial charge >= 0.3 is 6.03 Å². The van der Waals surface area contributed by atoms with Gasteiger partial charge in [0.15, 0.2) is 0 Å². The number of amides is 2. The van der Waals surface area contributed by atoms with Crippen LogP contribution in [0.25, 0.3) is 0 Å². The van der Waals surface area contributed by atoms with Crippen LogP contribution in [-0.2, 0) is 0 Å². The molecule has 1 aliphatic heterocycles. The van der Waals surface area contributed by atoms with E-state index in [-0.39, 0.29) is 17.6 Å². The monoisotopic (exact) mass is 256 g/mol. The van der Waals surface area contributed by atoms with Crippen molar-refractivity contribution in [3.63, 3.8) is 0 Å². The number of aliphatic hydroxyl groups excluding tert-OH is 1. The maximum atomic E-state index is 12.1. The minimum Gasteiger partial charge on any atom is -0.393 e. The number of urea groups is 1. The Morgan fingerprint density at radius 3 is 2.72 bits per heavy atom. The fraction of sp³-hybridized carbons (Fsp3) is 0.929. The first-order valence-electron chi connectivity index (χ1n) is 7.04. The highest BCUT2D eigenvalue weighted by molar-refractivity contribution is 5.74. The highest BCUT2D eigenvalue weighted by atomic mass is 16.3. The molecule has 0 saturated carbocycles. The number of nitrogens with zero attached hydrogens (tertiary/aromatic N) is 1. The van der Waals surface area contributed by atoms with E-state index in [0.717, 1.165) is 19.4 Å². The highest BCUT2D eigenvalue weighted by Crippen LogP contribution is 2.22. The minimum absolute atomic E-state index is 0.0425. The van der Waals surface area contributed by atoms with Crippen molar-refractivity contribution in [1.82, 2.24) is 10.2 Å². The van der Waals surface area contributed by atoms with E-state index in [1.165, 1.54) is 6.42 Å². The molecule has 1 aliphatic rings. The van der Waals surface area contributed by atoms with Crippen LogP contribution < -0.4 is 5.32 Å². The van der Waals surface area contributed by atoms with Crippen molar-refractivity contribution < 1.29 is 9.90 Å². The molecule has 18 heavy (non-hydrogen) atoms. The van der Waals surface area contributed by atoms with Gasteiger partial charge in [-0.25, -0.2) is 4.79 Å². The molecule has 106 valence electrons. The van der Waals surface area contributed by atoms with Crippen LogP contribution in [0.5, 0.6) is 0 Å². The zero-order valence-corrected chi connectivity index (χ0v) is 12.2. The van der Waals surface area contributed by atoms with Gasteiger partial charge in [-0.3, -0.25) is 0 Å². The summed E-state index contributed by atoms with van der Waals surface area (Å²) in [7, 11) is 0. The lowest BCUT2D eigenvalue weighted by Crippen LogP contribution is -2.49. The Morgan fingerprint density at radius 2 is 2.17 bits per heavy atom. The number of nitrogens with one attached hydrogen (secondary N) is 1. The van der Waals surface area contributed by atoms with Crippen molar-refractivity contribution in [1.29, 1.82) is 0 Å². The fourth-order valence-electron chi connectivity index (χ4n) is 2.69. The second kappa shape index (κ2) is 6.41. The molecule has 0 radical (unpaired) electrons. The van der Waals surface area contributed by atoms with Crippen LogP contribution in [-0.4, -0.2) is 41.3 Å². The molecular formula is C14H28N2O2. The van der Waals surface area contributed by atoms with Crippen molar-refractivity contribution in [2.75, 3.05) is 13.1 Å². The number of carbonyl (C=O) groups is 1. The van der Waals surface area contributed by atoms with Crippen LogP contribution in [0.1, 0.15) is 53.4 Å². The Bertz CT molecular complexity index is 277. The molecule has 0 aromatic rings. The summed E-state index contributed by atoms with van der Waals surface area (Å²) >= 11 is 0. The lowest BCUT2D eigenvalue weighted by Gasteiger charge is -2.35. The van der Waals surface area contributed by atoms with Gasteiger partial charge in [0, 0.05) is 19.1 Å². The Morgan fingerprint density at radius 1 is 1.50 bits per heavy atom. The normalized spacial score (nSPS) is 22.7. The smallest absolute Gasteiger partial charge is 0.317 e. The van der Waals surface area contributed by atoms with Gasteiger partial charge in [0.1, 0.15) is 0 Å². The zero-order valence-electron chi connectivity index (χ0n) is 12.2. The van der Waals surface area contributed by atoms with E-state index in [2.05, 4.69) is 26.1 Å². The van der Waals surface area contributed by atoms with Gasteiger partial charge in [-0.05, 0) is 44.9 Å². The number of piperidine rings is 1. The van der Waals surface area contributed by atoms with E-state index in [4.69, 9.17) is 0 Å². The summed E-state index contributed by atoms with van der Waals surface area (Å²) in [6.07, 6.45) is 3.80. The number of aliphatic hydroxyl groups is 1. The zero-order chi connectivity index (χ0) is 13.8. The predicted octanol–water partition coefficient (Wildman–Crippen LogP) is 2.37. The minimum atomic E-state index is -0.328. The Balaban J connectivity index is 2.40. The first-order chi connectivity index (χ1) is 8.32. The molecule has 0 bridgehead atoms. The van der Waals surface area contributed by atoms with Gasteiger partial charge in [-0.15, -0.1) is 0 Å². The molecule has 1 saturated heterocycles. The number of likely N-dealkylation sites (tertiary alicyclic amines) is 1. The van der Waals surface area contributed by atoms with Gasteiger partial charge in [0.05, 0.1) is 6.10 Å². The topological polar surface area (TPSA) is 52.6 Å². The van der Waals surface area contributed by atoms with Crippen LogP contribution in [0, 0.1) is 5.41 Å². The van der Waals surface area contributed by atoms with Crippen molar-refractivity contribution in [3.05, 3.63) is 0 Å². The lowest BCUT2D eigenvalue weighted by atomic mass is 9.87. The largest absolute Gasteiger partial charge is 0.393 e. The molecule has 0 spiro atoms. The summed E-state index contributed by atoms with van der Waals surface area (Å²) in [6.45, 7) is 9.51. The van der Waals surface area contributed by atoms with Crippen molar-refractivity contribution >= 4 is 6.03 Å². The first-order valence-corrected chi connectivity index (χ1v) is 7.04. The number of hydrogen-bond acceptors (Lipinski definition) is 2. The summed E-state index contributed by atoms with van der Waals surface area (Å²) in [5.41, 5.74) is -0.0666. The molecule has 1 heterocycles. The van der Waals surface area contributed by atoms with Crippen molar-refractivity contribution in [3.8, 4) is 0 Å². The van der Waals surface area contributed by atoms with Gasteiger partial charge in [0.2, 0.25) is 0 Å². The van der Waals surface area contributed by atoms with Crippen molar-refractivity contribution in [2.24, 2.45) is 5.41 Å². The molecule has 0 aromatic heterocycles. The molecule has 4 heteroatoms. The van der Waals surface area contributed by atoms with E-state index in [9.17, 15) is 9.90 Å². The summed E-state index contributed by atoms with van der Waals surface area (Å²) in [5, 5.41) is 12.4. The van der Waals surface area contributed by atoms with Gasteiger partial charge in [0.25, 0.3) is 0 Å². The highest BCUT2D eigenvalue weighted by Gasteiger charge is 2.26. The second-order valence-corrected chi connectivity index (χ2v) is 6.41. The lowest BCUT2D eigenvalue weighted by molar-refractivity contribution is 0.122. The van der Waals surface area contributed by atoms with E-state index in [1.807, 2.05) is 4.90 Å². The van der Waals surface area contributed by atoms with Crippen LogP contribution in [0.3, 0.4) is 0 Å². The van der Waals surface area contributed by atoms with Crippen molar-refractivity contribution in [2.45, 2.75) is 65.5 Å². The summed E-state index contributed by atoms with van der Waals surface area (Å²) in [4.78, 5) is 14.0. The van der Waals surface area contributed by atoms with Crippen LogP contribution >= 0.6 is 0 Å². The van der Waals surface area contributed by atoms with Crippen LogP contribution in [0.15, 0.2) is 0 Å². The standard InChI is InChI=1S/C14H28N2O2/c1-11-7-5-6-8-16(11)13(18)15-10-14(3,4)9-12(2)17/h11-12,17H,5-10H2,1-4H3,(H,15,18). The Kier molecular flexibility index (Phi) is 5.45.